The summed E-state index contributed by atoms with van der Waals surface area (Å²) < 4.78 is 27.0. The number of tetrazole rings is 1. The summed E-state index contributed by atoms with van der Waals surface area (Å²) in [6, 6.07) is 9.49. The van der Waals surface area contributed by atoms with Crippen LogP contribution in [-0.2, 0) is 6.54 Å². The number of nitriles is 1. The van der Waals surface area contributed by atoms with E-state index in [0.29, 0.717) is 5.56 Å². The topological polar surface area (TPSA) is 156 Å². The van der Waals surface area contributed by atoms with Crippen molar-refractivity contribution in [3.8, 4) is 11.9 Å². The highest BCUT2D eigenvalue weighted by Crippen LogP contribution is 2.26. The number of nitrogens with zero attached hydrogens (tertiary/aromatic N) is 8. The van der Waals surface area contributed by atoms with E-state index in [1.165, 1.54) is 23.0 Å². The van der Waals surface area contributed by atoms with E-state index >= 15 is 0 Å². The third-order valence-corrected chi connectivity index (χ3v) is 5.63. The third kappa shape index (κ3) is 6.26. The Bertz CT molecular complexity index is 1640. The molecule has 0 aliphatic carbocycles. The van der Waals surface area contributed by atoms with Crippen LogP contribution >= 0.6 is 11.6 Å². The Balaban J connectivity index is 1.76. The molecule has 0 unspecified atom stereocenters. The van der Waals surface area contributed by atoms with Crippen molar-refractivity contribution in [2.45, 2.75) is 46.2 Å². The van der Waals surface area contributed by atoms with Crippen LogP contribution in [0, 0.1) is 18.3 Å². The van der Waals surface area contributed by atoms with Gasteiger partial charge in [-0.1, -0.05) is 11.6 Å². The smallest absolute Gasteiger partial charge is 0.301 e. The average Bonchev–Trinajstić information content (AvgIpc) is 3.52. The number of nitrogens with one attached hydrogen (secondary N) is 2. The molecular weight excluding hydrogens is 546 g/mol. The van der Waals surface area contributed by atoms with Gasteiger partial charge in [0.2, 0.25) is 5.82 Å². The molecule has 4 rings (SSSR count). The minimum Gasteiger partial charge on any atom is -0.347 e. The summed E-state index contributed by atoms with van der Waals surface area (Å²) in [5.74, 6) is -1.79. The number of alkyl halides is 2. The van der Waals surface area contributed by atoms with E-state index in [9.17, 15) is 23.6 Å². The number of aryl methyl sites for hydroxylation is 1. The Morgan fingerprint density at radius 1 is 1.18 bits per heavy atom. The molecule has 2 N–H and O–H groups in total. The molecule has 0 radical (unpaired) electrons. The number of hydrogen-bond donors (Lipinski definition) is 2. The lowest BCUT2D eigenvalue weighted by Gasteiger charge is -2.22. The first-order chi connectivity index (χ1) is 18.9. The fraction of sp³-hybridized carbons (Fsp3) is 0.280. The van der Waals surface area contributed by atoms with Gasteiger partial charge >= 0.3 is 6.43 Å². The second kappa shape index (κ2) is 11.1. The maximum absolute atomic E-state index is 13.7. The maximum atomic E-state index is 13.7. The predicted molar refractivity (Wildman–Crippen MR) is 139 cm³/mol. The van der Waals surface area contributed by atoms with Crippen molar-refractivity contribution in [1.82, 2.24) is 40.3 Å². The molecule has 1 aromatic carbocycles. The summed E-state index contributed by atoms with van der Waals surface area (Å²) in [6.45, 7) is 6.87. The number of pyridine rings is 1. The molecule has 0 atom stereocenters. The maximum Gasteiger partial charge on any atom is 0.301 e. The molecule has 0 saturated carbocycles. The number of amides is 2. The Hall–Kier alpha value is -4.77. The number of hydrogen-bond acceptors (Lipinski definition) is 8. The minimum atomic E-state index is -2.90. The summed E-state index contributed by atoms with van der Waals surface area (Å²) in [6.07, 6.45) is -1.45. The summed E-state index contributed by atoms with van der Waals surface area (Å²) in [5.41, 5.74) is 0.589. The largest absolute Gasteiger partial charge is 0.347 e. The first-order valence-corrected chi connectivity index (χ1v) is 12.2. The Morgan fingerprint density at radius 2 is 1.93 bits per heavy atom. The predicted octanol–water partition coefficient (Wildman–Crippen LogP) is 3.85. The fourth-order valence-corrected chi connectivity index (χ4v) is 3.90. The molecule has 15 heteroatoms. The molecule has 12 nitrogen and oxygen atoms in total. The molecule has 206 valence electrons. The van der Waals surface area contributed by atoms with Crippen LogP contribution in [-0.4, -0.2) is 52.3 Å². The zero-order chi connectivity index (χ0) is 29.2. The zero-order valence-electron chi connectivity index (χ0n) is 21.8. The van der Waals surface area contributed by atoms with Crippen molar-refractivity contribution >= 4 is 29.1 Å². The van der Waals surface area contributed by atoms with Crippen LogP contribution in [0.1, 0.15) is 70.7 Å². The number of carbonyl (C=O) groups excluding carboxylic acids is 2. The average molecular weight is 569 g/mol. The Morgan fingerprint density at radius 3 is 2.55 bits per heavy atom. The van der Waals surface area contributed by atoms with Gasteiger partial charge < -0.3 is 10.6 Å². The van der Waals surface area contributed by atoms with Gasteiger partial charge in [-0.3, -0.25) is 9.59 Å². The standard InChI is InChI=1S/C25H23ClF2N10O2/c1-13-8-14(11-29)9-16(23(39)32-25(2,3)4)19(13)31-24(40)18-10-15(12-37-35-21(20(27)28)33-36-37)34-38(18)22-17(26)6-5-7-30-22/h5-10,20H,12H2,1-4H3,(H,31,40)(H,32,39). The molecule has 0 spiro atoms. The van der Waals surface area contributed by atoms with E-state index in [0.717, 1.165) is 4.80 Å². The molecule has 4 aromatic rings. The van der Waals surface area contributed by atoms with Crippen LogP contribution in [0.25, 0.3) is 5.82 Å². The normalized spacial score (nSPS) is 11.4. The Labute approximate surface area is 232 Å². The van der Waals surface area contributed by atoms with Crippen LogP contribution in [0.5, 0.6) is 0 Å². The summed E-state index contributed by atoms with van der Waals surface area (Å²) in [4.78, 5) is 31.9. The monoisotopic (exact) mass is 568 g/mol. The van der Waals surface area contributed by atoms with Gasteiger partial charge in [0, 0.05) is 11.7 Å². The van der Waals surface area contributed by atoms with Crippen molar-refractivity contribution in [2.75, 3.05) is 5.32 Å². The molecule has 3 heterocycles. The van der Waals surface area contributed by atoms with Crippen LogP contribution in [0.3, 0.4) is 0 Å². The zero-order valence-corrected chi connectivity index (χ0v) is 22.5. The van der Waals surface area contributed by atoms with Gasteiger partial charge in [0.15, 0.2) is 5.82 Å². The summed E-state index contributed by atoms with van der Waals surface area (Å²) >= 11 is 6.33. The van der Waals surface area contributed by atoms with Crippen LogP contribution < -0.4 is 10.6 Å². The first kappa shape index (κ1) is 28.2. The lowest BCUT2D eigenvalue weighted by Crippen LogP contribution is -2.41. The molecule has 0 bridgehead atoms. The number of halogens is 3. The van der Waals surface area contributed by atoms with E-state index in [4.69, 9.17) is 11.6 Å². The van der Waals surface area contributed by atoms with Crippen molar-refractivity contribution in [3.05, 3.63) is 75.5 Å². The van der Waals surface area contributed by atoms with Crippen LogP contribution in [0.4, 0.5) is 14.5 Å². The van der Waals surface area contributed by atoms with Crippen molar-refractivity contribution in [1.29, 1.82) is 5.26 Å². The highest BCUT2D eigenvalue weighted by molar-refractivity contribution is 6.32. The quantitative estimate of drug-likeness (QED) is 0.340. The van der Waals surface area contributed by atoms with Gasteiger partial charge in [-0.15, -0.1) is 10.2 Å². The molecule has 0 aliphatic rings. The van der Waals surface area contributed by atoms with E-state index in [-0.39, 0.29) is 45.6 Å². The number of aromatic nitrogens is 7. The van der Waals surface area contributed by atoms with Crippen molar-refractivity contribution in [3.63, 3.8) is 0 Å². The molecule has 40 heavy (non-hydrogen) atoms. The van der Waals surface area contributed by atoms with Gasteiger partial charge in [-0.25, -0.2) is 18.4 Å². The van der Waals surface area contributed by atoms with E-state index < -0.39 is 29.6 Å². The molecule has 0 fully saturated rings. The highest BCUT2D eigenvalue weighted by atomic mass is 35.5. The molecule has 0 saturated heterocycles. The number of anilines is 1. The van der Waals surface area contributed by atoms with Crippen molar-refractivity contribution in [2.24, 2.45) is 0 Å². The number of rotatable bonds is 7. The highest BCUT2D eigenvalue weighted by Gasteiger charge is 2.25. The molecule has 2 amide bonds. The van der Waals surface area contributed by atoms with Gasteiger partial charge in [-0.05, 0) is 68.8 Å². The number of benzene rings is 1. The molecular formula is C25H23ClF2N10O2. The first-order valence-electron chi connectivity index (χ1n) is 11.8. The van der Waals surface area contributed by atoms with Crippen LogP contribution in [0.15, 0.2) is 36.5 Å². The van der Waals surface area contributed by atoms with Gasteiger partial charge in [0.1, 0.15) is 12.2 Å². The lowest BCUT2D eigenvalue weighted by molar-refractivity contribution is 0.0920. The number of carbonyl (C=O) groups is 2. The SMILES string of the molecule is Cc1cc(C#N)cc(C(=O)NC(C)(C)C)c1NC(=O)c1cc(Cn2nnc(C(F)F)n2)nn1-c1ncccc1Cl. The second-order valence-corrected chi connectivity index (χ2v) is 10.1. The fourth-order valence-electron chi connectivity index (χ4n) is 3.70. The van der Waals surface area contributed by atoms with Gasteiger partial charge in [-0.2, -0.15) is 15.2 Å². The Kier molecular flexibility index (Phi) is 7.87. The summed E-state index contributed by atoms with van der Waals surface area (Å²) in [5, 5.41) is 30.1. The third-order valence-electron chi connectivity index (χ3n) is 5.34. The minimum absolute atomic E-state index is 0.0317. The molecule has 3 aromatic heterocycles. The van der Waals surface area contributed by atoms with Crippen LogP contribution in [0.2, 0.25) is 5.02 Å². The van der Waals surface area contributed by atoms with Gasteiger partial charge in [0.05, 0.1) is 33.6 Å². The van der Waals surface area contributed by atoms with E-state index in [1.54, 1.807) is 45.9 Å². The van der Waals surface area contributed by atoms with E-state index in [2.05, 4.69) is 36.1 Å². The lowest BCUT2D eigenvalue weighted by atomic mass is 10.0. The van der Waals surface area contributed by atoms with Gasteiger partial charge in [0.25, 0.3) is 11.8 Å². The van der Waals surface area contributed by atoms with Crippen molar-refractivity contribution < 1.29 is 18.4 Å². The second-order valence-electron chi connectivity index (χ2n) is 9.71. The summed E-state index contributed by atoms with van der Waals surface area (Å²) in [7, 11) is 0. The van der Waals surface area contributed by atoms with E-state index in [1.807, 2.05) is 6.07 Å². The molecule has 0 aliphatic heterocycles.